The molecule has 0 atom stereocenters. The molecule has 0 spiro atoms. The van der Waals surface area contributed by atoms with E-state index >= 15 is 0 Å². The van der Waals surface area contributed by atoms with Gasteiger partial charge >= 0.3 is 0 Å². The van der Waals surface area contributed by atoms with E-state index in [9.17, 15) is 13.5 Å². The van der Waals surface area contributed by atoms with E-state index in [4.69, 9.17) is 0 Å². The summed E-state index contributed by atoms with van der Waals surface area (Å²) >= 11 is 3.25. The van der Waals surface area contributed by atoms with E-state index in [2.05, 4.69) is 20.7 Å². The van der Waals surface area contributed by atoms with Gasteiger partial charge in [-0.3, -0.25) is 0 Å². The summed E-state index contributed by atoms with van der Waals surface area (Å²) in [5.41, 5.74) is 0. The first kappa shape index (κ1) is 14.0. The number of aliphatic hydroxyl groups excluding tert-OH is 1. The maximum Gasteiger partial charge on any atom is 0.241 e. The number of hydrogen-bond acceptors (Lipinski definition) is 3. The number of halogens is 1. The lowest BCUT2D eigenvalue weighted by atomic mass is 9.94. The van der Waals surface area contributed by atoms with Gasteiger partial charge in [-0.15, -0.1) is 0 Å². The van der Waals surface area contributed by atoms with Crippen molar-refractivity contribution in [3.05, 3.63) is 28.7 Å². The zero-order chi connectivity index (χ0) is 13.2. The molecule has 1 aromatic carbocycles. The Morgan fingerprint density at radius 1 is 1.17 bits per heavy atom. The lowest BCUT2D eigenvalue weighted by Gasteiger charge is -2.26. The number of aliphatic hydroxyl groups is 1. The van der Waals surface area contributed by atoms with Crippen molar-refractivity contribution in [3.63, 3.8) is 0 Å². The third kappa shape index (κ3) is 3.32. The van der Waals surface area contributed by atoms with Gasteiger partial charge in [0.05, 0.1) is 11.0 Å². The maximum absolute atomic E-state index is 12.2. The molecular weight excluding hydrogens is 318 g/mol. The quantitative estimate of drug-likeness (QED) is 0.889. The zero-order valence-corrected chi connectivity index (χ0v) is 12.2. The van der Waals surface area contributed by atoms with Crippen LogP contribution in [0.5, 0.6) is 0 Å². The summed E-state index contributed by atoms with van der Waals surface area (Å²) in [6.07, 6.45) is 2.40. The smallest absolute Gasteiger partial charge is 0.241 e. The fourth-order valence-electron chi connectivity index (χ4n) is 2.14. The second-order valence-electron chi connectivity index (χ2n) is 4.56. The number of hydrogen-bond donors (Lipinski definition) is 2. The molecule has 0 radical (unpaired) electrons. The molecule has 100 valence electrons. The molecule has 1 aromatic rings. The average Bonchev–Trinajstić information content (AvgIpc) is 2.32. The fourth-order valence-corrected chi connectivity index (χ4v) is 4.45. The molecule has 0 aromatic heterocycles. The van der Waals surface area contributed by atoms with Gasteiger partial charge in [0.1, 0.15) is 0 Å². The van der Waals surface area contributed by atoms with Gasteiger partial charge in [0.15, 0.2) is 0 Å². The van der Waals surface area contributed by atoms with Crippen LogP contribution in [0.1, 0.15) is 25.7 Å². The minimum absolute atomic E-state index is 0.0782. The molecule has 1 aliphatic rings. The number of nitrogens with one attached hydrogen (secondary N) is 1. The Morgan fingerprint density at radius 2 is 1.78 bits per heavy atom. The van der Waals surface area contributed by atoms with Crippen LogP contribution >= 0.6 is 15.9 Å². The molecule has 0 amide bonds. The van der Waals surface area contributed by atoms with Crippen LogP contribution in [-0.2, 0) is 10.0 Å². The third-order valence-corrected chi connectivity index (χ3v) is 5.68. The van der Waals surface area contributed by atoms with Crippen LogP contribution in [0.3, 0.4) is 0 Å². The predicted octanol–water partition coefficient (Wildman–Crippen LogP) is 2.03. The molecule has 2 rings (SSSR count). The van der Waals surface area contributed by atoms with Crippen molar-refractivity contribution in [2.24, 2.45) is 0 Å². The average molecular weight is 334 g/mol. The molecule has 0 aliphatic heterocycles. The van der Waals surface area contributed by atoms with Crippen molar-refractivity contribution in [3.8, 4) is 0 Å². The van der Waals surface area contributed by atoms with E-state index in [1.165, 1.54) is 0 Å². The summed E-state index contributed by atoms with van der Waals surface area (Å²) in [4.78, 5) is 0.260. The molecule has 4 nitrogen and oxygen atoms in total. The number of sulfonamides is 1. The molecule has 6 heteroatoms. The van der Waals surface area contributed by atoms with Crippen molar-refractivity contribution in [1.29, 1.82) is 0 Å². The summed E-state index contributed by atoms with van der Waals surface area (Å²) in [7, 11) is -3.49. The van der Waals surface area contributed by atoms with Crippen molar-refractivity contribution in [2.75, 3.05) is 0 Å². The second kappa shape index (κ2) is 5.69. The lowest BCUT2D eigenvalue weighted by Crippen LogP contribution is -2.38. The van der Waals surface area contributed by atoms with Gasteiger partial charge in [-0.25, -0.2) is 13.1 Å². The molecule has 0 bridgehead atoms. The molecule has 0 unspecified atom stereocenters. The molecule has 18 heavy (non-hydrogen) atoms. The first-order valence-corrected chi connectivity index (χ1v) is 8.21. The van der Waals surface area contributed by atoms with Crippen LogP contribution in [0, 0.1) is 0 Å². The zero-order valence-electron chi connectivity index (χ0n) is 9.84. The topological polar surface area (TPSA) is 66.4 Å². The Bertz CT molecular complexity index is 510. The summed E-state index contributed by atoms with van der Waals surface area (Å²) in [6.45, 7) is 0. The highest BCUT2D eigenvalue weighted by molar-refractivity contribution is 9.10. The minimum Gasteiger partial charge on any atom is -0.393 e. The van der Waals surface area contributed by atoms with Crippen molar-refractivity contribution >= 4 is 26.0 Å². The summed E-state index contributed by atoms with van der Waals surface area (Å²) in [5, 5.41) is 9.40. The highest BCUT2D eigenvalue weighted by Gasteiger charge is 2.25. The van der Waals surface area contributed by atoms with E-state index < -0.39 is 10.0 Å². The molecule has 1 saturated carbocycles. The predicted molar refractivity (Wildman–Crippen MR) is 72.7 cm³/mol. The van der Waals surface area contributed by atoms with Crippen LogP contribution in [0.25, 0.3) is 0 Å². The van der Waals surface area contributed by atoms with Gasteiger partial charge in [-0.2, -0.15) is 0 Å². The normalized spacial score (nSPS) is 25.0. The summed E-state index contributed by atoms with van der Waals surface area (Å²) in [6, 6.07) is 6.68. The monoisotopic (exact) mass is 333 g/mol. The number of benzene rings is 1. The first-order chi connectivity index (χ1) is 8.49. The highest BCUT2D eigenvalue weighted by atomic mass is 79.9. The Kier molecular flexibility index (Phi) is 4.42. The van der Waals surface area contributed by atoms with Crippen LogP contribution in [-0.4, -0.2) is 25.7 Å². The van der Waals surface area contributed by atoms with Crippen molar-refractivity contribution < 1.29 is 13.5 Å². The Hall–Kier alpha value is -0.430. The van der Waals surface area contributed by atoms with E-state index in [0.717, 1.165) is 0 Å². The minimum atomic E-state index is -3.49. The SMILES string of the molecule is O=S(=O)(NC1CCC(O)CC1)c1ccccc1Br. The summed E-state index contributed by atoms with van der Waals surface area (Å²) < 4.78 is 27.7. The Labute approximate surface area is 116 Å². The van der Waals surface area contributed by atoms with Gasteiger partial charge in [0, 0.05) is 10.5 Å². The summed E-state index contributed by atoms with van der Waals surface area (Å²) in [5.74, 6) is 0. The maximum atomic E-state index is 12.2. The molecule has 2 N–H and O–H groups in total. The standard InChI is InChI=1S/C12H16BrNO3S/c13-11-3-1-2-4-12(11)18(16,17)14-9-5-7-10(15)8-6-9/h1-4,9-10,14-15H,5-8H2. The van der Waals surface area contributed by atoms with E-state index in [-0.39, 0.29) is 17.0 Å². The van der Waals surface area contributed by atoms with Crippen molar-refractivity contribution in [1.82, 2.24) is 4.72 Å². The number of rotatable bonds is 3. The Balaban J connectivity index is 2.11. The molecule has 1 aliphatic carbocycles. The van der Waals surface area contributed by atoms with Gasteiger partial charge in [-0.1, -0.05) is 12.1 Å². The lowest BCUT2D eigenvalue weighted by molar-refractivity contribution is 0.120. The van der Waals surface area contributed by atoms with Crippen LogP contribution in [0.15, 0.2) is 33.6 Å². The largest absolute Gasteiger partial charge is 0.393 e. The van der Waals surface area contributed by atoms with E-state index in [1.807, 2.05) is 0 Å². The van der Waals surface area contributed by atoms with Crippen molar-refractivity contribution in [2.45, 2.75) is 42.7 Å². The molecule has 0 heterocycles. The molecule has 1 fully saturated rings. The fraction of sp³-hybridized carbons (Fsp3) is 0.500. The van der Waals surface area contributed by atoms with Crippen LogP contribution in [0.2, 0.25) is 0 Å². The van der Waals surface area contributed by atoms with Gasteiger partial charge in [-0.05, 0) is 53.7 Å². The van der Waals surface area contributed by atoms with Gasteiger partial charge in [0.2, 0.25) is 10.0 Å². The van der Waals surface area contributed by atoms with E-state index in [1.54, 1.807) is 24.3 Å². The highest BCUT2D eigenvalue weighted by Crippen LogP contribution is 2.24. The van der Waals surface area contributed by atoms with Crippen LogP contribution in [0.4, 0.5) is 0 Å². The van der Waals surface area contributed by atoms with Gasteiger partial charge < -0.3 is 5.11 Å². The van der Waals surface area contributed by atoms with E-state index in [0.29, 0.717) is 30.2 Å². The molecular formula is C12H16BrNO3S. The third-order valence-electron chi connectivity index (χ3n) is 3.14. The second-order valence-corrected chi connectivity index (χ2v) is 7.09. The van der Waals surface area contributed by atoms with Gasteiger partial charge in [0.25, 0.3) is 0 Å². The Morgan fingerprint density at radius 3 is 2.39 bits per heavy atom. The first-order valence-electron chi connectivity index (χ1n) is 5.94. The van der Waals surface area contributed by atoms with Crippen LogP contribution < -0.4 is 4.72 Å². The molecule has 0 saturated heterocycles.